The first-order valence-corrected chi connectivity index (χ1v) is 5.23. The maximum atomic E-state index is 13.6. The van der Waals surface area contributed by atoms with E-state index in [-0.39, 0.29) is 16.7 Å². The van der Waals surface area contributed by atoms with Crippen molar-refractivity contribution >= 4 is 28.9 Å². The number of hydrogen-bond acceptors (Lipinski definition) is 4. The van der Waals surface area contributed by atoms with Crippen LogP contribution >= 0.6 is 11.6 Å². The molecule has 0 saturated carbocycles. The molecule has 0 spiro atoms. The maximum absolute atomic E-state index is 13.6. The van der Waals surface area contributed by atoms with Crippen molar-refractivity contribution in [3.63, 3.8) is 0 Å². The zero-order valence-corrected chi connectivity index (χ0v) is 9.82. The summed E-state index contributed by atoms with van der Waals surface area (Å²) < 4.78 is 13.6. The maximum Gasteiger partial charge on any atom is 0.157 e. The molecule has 0 aliphatic carbocycles. The van der Waals surface area contributed by atoms with Crippen molar-refractivity contribution in [1.82, 2.24) is 9.97 Å². The summed E-state index contributed by atoms with van der Waals surface area (Å²) in [6.07, 6.45) is 1.29. The van der Waals surface area contributed by atoms with Gasteiger partial charge in [0.1, 0.15) is 23.0 Å². The molecule has 4 nitrogen and oxygen atoms in total. The number of rotatable bonds is 2. The average molecular weight is 253 g/mol. The van der Waals surface area contributed by atoms with Crippen LogP contribution in [-0.2, 0) is 0 Å². The van der Waals surface area contributed by atoms with Crippen molar-refractivity contribution in [3.8, 4) is 0 Å². The molecule has 6 heteroatoms. The van der Waals surface area contributed by atoms with E-state index < -0.39 is 0 Å². The molecular formula is C11H10ClFN4. The third kappa shape index (κ3) is 2.14. The second kappa shape index (κ2) is 4.55. The monoisotopic (exact) mass is 252 g/mol. The van der Waals surface area contributed by atoms with Gasteiger partial charge in [-0.1, -0.05) is 23.7 Å². The van der Waals surface area contributed by atoms with E-state index in [2.05, 4.69) is 9.97 Å². The van der Waals surface area contributed by atoms with Gasteiger partial charge in [0.05, 0.1) is 5.69 Å². The minimum atomic E-state index is -0.358. The lowest BCUT2D eigenvalue weighted by atomic mass is 10.3. The van der Waals surface area contributed by atoms with E-state index in [0.717, 1.165) is 0 Å². The van der Waals surface area contributed by atoms with E-state index >= 15 is 0 Å². The van der Waals surface area contributed by atoms with Crippen LogP contribution < -0.4 is 10.6 Å². The summed E-state index contributed by atoms with van der Waals surface area (Å²) in [5.41, 5.74) is 5.94. The van der Waals surface area contributed by atoms with E-state index in [0.29, 0.717) is 11.5 Å². The van der Waals surface area contributed by atoms with Crippen molar-refractivity contribution in [3.05, 3.63) is 41.4 Å². The molecule has 0 saturated heterocycles. The average Bonchev–Trinajstić information content (AvgIpc) is 2.32. The molecule has 1 aromatic carbocycles. The lowest BCUT2D eigenvalue weighted by molar-refractivity contribution is 0.627. The standard InChI is InChI=1S/C11H10ClFN4/c1-17(8-5-3-2-4-7(8)13)11-9(12)10(14)15-6-16-11/h2-6H,1H3,(H2,14,15,16). The Kier molecular flexibility index (Phi) is 3.10. The van der Waals surface area contributed by atoms with Crippen molar-refractivity contribution in [1.29, 1.82) is 0 Å². The lowest BCUT2D eigenvalue weighted by Gasteiger charge is -2.19. The minimum absolute atomic E-state index is 0.167. The van der Waals surface area contributed by atoms with Gasteiger partial charge in [-0.3, -0.25) is 0 Å². The van der Waals surface area contributed by atoms with Gasteiger partial charge in [0.25, 0.3) is 0 Å². The van der Waals surface area contributed by atoms with Crippen molar-refractivity contribution in [2.75, 3.05) is 17.7 Å². The van der Waals surface area contributed by atoms with E-state index in [1.807, 2.05) is 0 Å². The number of nitrogen functional groups attached to an aromatic ring is 1. The number of benzene rings is 1. The van der Waals surface area contributed by atoms with Gasteiger partial charge in [0.15, 0.2) is 5.82 Å². The first-order valence-electron chi connectivity index (χ1n) is 4.85. The number of hydrogen-bond donors (Lipinski definition) is 1. The van der Waals surface area contributed by atoms with Gasteiger partial charge >= 0.3 is 0 Å². The molecule has 17 heavy (non-hydrogen) atoms. The first kappa shape index (κ1) is 11.6. The molecule has 0 bridgehead atoms. The van der Waals surface area contributed by atoms with Crippen LogP contribution in [0.1, 0.15) is 0 Å². The third-order valence-electron chi connectivity index (χ3n) is 2.33. The molecule has 0 atom stereocenters. The number of anilines is 3. The zero-order valence-electron chi connectivity index (χ0n) is 9.06. The molecule has 2 aromatic rings. The van der Waals surface area contributed by atoms with Crippen LogP contribution in [0.5, 0.6) is 0 Å². The molecule has 0 aliphatic rings. The number of halogens is 2. The molecule has 1 aromatic heterocycles. The Morgan fingerprint density at radius 1 is 1.29 bits per heavy atom. The summed E-state index contributed by atoms with van der Waals surface area (Å²) in [6.45, 7) is 0. The zero-order chi connectivity index (χ0) is 12.4. The first-order chi connectivity index (χ1) is 8.11. The fraction of sp³-hybridized carbons (Fsp3) is 0.0909. The Labute approximate surface area is 103 Å². The highest BCUT2D eigenvalue weighted by Crippen LogP contribution is 2.31. The van der Waals surface area contributed by atoms with E-state index in [1.54, 1.807) is 25.2 Å². The predicted molar refractivity (Wildman–Crippen MR) is 65.9 cm³/mol. The van der Waals surface area contributed by atoms with Gasteiger partial charge in [0.2, 0.25) is 0 Å². The van der Waals surface area contributed by atoms with Crippen LogP contribution in [0.3, 0.4) is 0 Å². The molecule has 0 amide bonds. The number of nitrogens with zero attached hydrogens (tertiary/aromatic N) is 3. The van der Waals surface area contributed by atoms with Crippen molar-refractivity contribution in [2.45, 2.75) is 0 Å². The molecule has 0 unspecified atom stereocenters. The number of aromatic nitrogens is 2. The third-order valence-corrected chi connectivity index (χ3v) is 2.69. The van der Waals surface area contributed by atoms with Gasteiger partial charge in [-0.25, -0.2) is 14.4 Å². The predicted octanol–water partition coefficient (Wildman–Crippen LogP) is 2.62. The summed E-state index contributed by atoms with van der Waals surface area (Å²) in [5, 5.41) is 0.207. The number of nitrogens with two attached hydrogens (primary N) is 1. The highest BCUT2D eigenvalue weighted by molar-refractivity contribution is 6.35. The highest BCUT2D eigenvalue weighted by atomic mass is 35.5. The Morgan fingerprint density at radius 2 is 2.00 bits per heavy atom. The van der Waals surface area contributed by atoms with Crippen molar-refractivity contribution in [2.24, 2.45) is 0 Å². The molecule has 2 rings (SSSR count). The Hall–Kier alpha value is -1.88. The summed E-state index contributed by atoms with van der Waals surface area (Å²) >= 11 is 5.98. The normalized spacial score (nSPS) is 10.3. The van der Waals surface area contributed by atoms with Gasteiger partial charge in [-0.2, -0.15) is 0 Å². The highest BCUT2D eigenvalue weighted by Gasteiger charge is 2.15. The largest absolute Gasteiger partial charge is 0.382 e. The molecule has 2 N–H and O–H groups in total. The summed E-state index contributed by atoms with van der Waals surface area (Å²) in [7, 11) is 1.66. The summed E-state index contributed by atoms with van der Waals surface area (Å²) in [4.78, 5) is 9.27. The smallest absolute Gasteiger partial charge is 0.157 e. The fourth-order valence-corrected chi connectivity index (χ4v) is 1.67. The van der Waals surface area contributed by atoms with E-state index in [4.69, 9.17) is 17.3 Å². The Bertz CT molecular complexity index is 547. The van der Waals surface area contributed by atoms with Crippen molar-refractivity contribution < 1.29 is 4.39 Å². The summed E-state index contributed by atoms with van der Waals surface area (Å²) in [6, 6.07) is 6.34. The Balaban J connectivity index is 2.48. The van der Waals surface area contributed by atoms with Crippen LogP contribution in [0.25, 0.3) is 0 Å². The summed E-state index contributed by atoms with van der Waals surface area (Å²) in [5.74, 6) is 0.173. The second-order valence-electron chi connectivity index (χ2n) is 3.41. The van der Waals surface area contributed by atoms with Gasteiger partial charge in [0, 0.05) is 7.05 Å². The van der Waals surface area contributed by atoms with Gasteiger partial charge in [-0.05, 0) is 12.1 Å². The van der Waals surface area contributed by atoms with Crippen LogP contribution in [0.15, 0.2) is 30.6 Å². The molecule has 88 valence electrons. The van der Waals surface area contributed by atoms with Crippen LogP contribution in [0.2, 0.25) is 5.02 Å². The molecule has 0 fully saturated rings. The number of para-hydroxylation sites is 1. The Morgan fingerprint density at radius 3 is 2.71 bits per heavy atom. The quantitative estimate of drug-likeness (QED) is 0.893. The van der Waals surface area contributed by atoms with Crippen LogP contribution in [-0.4, -0.2) is 17.0 Å². The van der Waals surface area contributed by atoms with Gasteiger partial charge in [-0.15, -0.1) is 0 Å². The van der Waals surface area contributed by atoms with E-state index in [9.17, 15) is 4.39 Å². The fourth-order valence-electron chi connectivity index (χ4n) is 1.45. The lowest BCUT2D eigenvalue weighted by Crippen LogP contribution is -2.14. The van der Waals surface area contributed by atoms with Gasteiger partial charge < -0.3 is 10.6 Å². The minimum Gasteiger partial charge on any atom is -0.382 e. The SMILES string of the molecule is CN(c1ccccc1F)c1ncnc(N)c1Cl. The van der Waals surface area contributed by atoms with Crippen LogP contribution in [0.4, 0.5) is 21.7 Å². The topological polar surface area (TPSA) is 55.0 Å². The molecule has 0 radical (unpaired) electrons. The molecule has 1 heterocycles. The van der Waals surface area contributed by atoms with Crippen LogP contribution in [0, 0.1) is 5.82 Å². The second-order valence-corrected chi connectivity index (χ2v) is 3.78. The molecule has 0 aliphatic heterocycles. The van der Waals surface area contributed by atoms with E-state index in [1.165, 1.54) is 17.3 Å². The molecular weight excluding hydrogens is 243 g/mol.